The fourth-order valence-electron chi connectivity index (χ4n) is 0.840. The molecule has 0 saturated carbocycles. The molecule has 5 nitrogen and oxygen atoms in total. The summed E-state index contributed by atoms with van der Waals surface area (Å²) in [5.74, 6) is 0.909. The second-order valence-electron chi connectivity index (χ2n) is 2.46. The van der Waals surface area contributed by atoms with E-state index in [9.17, 15) is 0 Å². The molecule has 0 unspecified atom stereocenters. The summed E-state index contributed by atoms with van der Waals surface area (Å²) in [6.45, 7) is 3.84. The third kappa shape index (κ3) is 2.97. The highest BCUT2D eigenvalue weighted by molar-refractivity contribution is 7.99. The van der Waals surface area contributed by atoms with Crippen LogP contribution in [0.3, 0.4) is 0 Å². The average Bonchev–Trinajstić information content (AvgIpc) is 2.19. The molecule has 0 aliphatic heterocycles. The van der Waals surface area contributed by atoms with Crippen molar-refractivity contribution >= 4 is 17.8 Å². The molecule has 0 spiro atoms. The van der Waals surface area contributed by atoms with Crippen molar-refractivity contribution in [3.8, 4) is 0 Å². The van der Waals surface area contributed by atoms with Gasteiger partial charge in [0.25, 0.3) is 0 Å². The van der Waals surface area contributed by atoms with Crippen LogP contribution >= 0.6 is 11.8 Å². The van der Waals surface area contributed by atoms with Crippen LogP contribution in [-0.4, -0.2) is 26.1 Å². The zero-order chi connectivity index (χ0) is 10.4. The number of hydrogen-bond acceptors (Lipinski definition) is 6. The molecule has 0 atom stereocenters. The van der Waals surface area contributed by atoms with Gasteiger partial charge in [-0.05, 0) is 18.8 Å². The van der Waals surface area contributed by atoms with Crippen molar-refractivity contribution in [2.75, 3.05) is 5.75 Å². The van der Waals surface area contributed by atoms with Crippen LogP contribution in [0.15, 0.2) is 11.4 Å². The van der Waals surface area contributed by atoms with Crippen molar-refractivity contribution in [1.29, 1.82) is 0 Å². The summed E-state index contributed by atoms with van der Waals surface area (Å²) in [5.41, 5.74) is 3.36. The number of aromatic nitrogens is 3. The van der Waals surface area contributed by atoms with Gasteiger partial charge in [-0.25, -0.2) is 4.98 Å². The standard InChI is InChI=1S/C8H12N4OS/c1-3-14-8-10-7(4-5-9-13)6(2)11-12-8/h4-5,9,13H,3H2,1-2H3/b5-4+. The molecule has 0 amide bonds. The lowest BCUT2D eigenvalue weighted by Gasteiger charge is -2.00. The van der Waals surface area contributed by atoms with E-state index >= 15 is 0 Å². The minimum absolute atomic E-state index is 0.649. The molecule has 1 rings (SSSR count). The zero-order valence-corrected chi connectivity index (χ0v) is 8.88. The molecular formula is C8H12N4OS. The average molecular weight is 212 g/mol. The molecule has 0 aliphatic rings. The molecule has 0 fully saturated rings. The Bertz CT molecular complexity index is 329. The second kappa shape index (κ2) is 5.56. The molecule has 1 heterocycles. The molecule has 76 valence electrons. The molecule has 1 aromatic heterocycles. The van der Waals surface area contributed by atoms with Crippen molar-refractivity contribution in [1.82, 2.24) is 20.7 Å². The largest absolute Gasteiger partial charge is 0.292 e. The summed E-state index contributed by atoms with van der Waals surface area (Å²) >= 11 is 1.53. The third-order valence-corrected chi connectivity index (χ3v) is 2.18. The quantitative estimate of drug-likeness (QED) is 0.578. The van der Waals surface area contributed by atoms with Gasteiger partial charge in [0.05, 0.1) is 11.4 Å². The Balaban J connectivity index is 2.90. The lowest BCUT2D eigenvalue weighted by Crippen LogP contribution is -1.99. The van der Waals surface area contributed by atoms with Crippen molar-refractivity contribution in [3.05, 3.63) is 17.6 Å². The molecule has 0 radical (unpaired) electrons. The summed E-state index contributed by atoms with van der Waals surface area (Å²) in [4.78, 5) is 4.25. The molecular weight excluding hydrogens is 200 g/mol. The highest BCUT2D eigenvalue weighted by Crippen LogP contribution is 2.12. The molecule has 14 heavy (non-hydrogen) atoms. The summed E-state index contributed by atoms with van der Waals surface area (Å²) in [6, 6.07) is 0. The summed E-state index contributed by atoms with van der Waals surface area (Å²) in [5, 5.41) is 16.9. The number of nitrogens with zero attached hydrogens (tertiary/aromatic N) is 3. The maximum absolute atomic E-state index is 8.39. The topological polar surface area (TPSA) is 70.9 Å². The van der Waals surface area contributed by atoms with Crippen LogP contribution in [0, 0.1) is 6.92 Å². The van der Waals surface area contributed by atoms with Crippen LogP contribution in [0.5, 0.6) is 0 Å². The zero-order valence-electron chi connectivity index (χ0n) is 8.06. The lowest BCUT2D eigenvalue weighted by atomic mass is 10.3. The maximum atomic E-state index is 8.39. The van der Waals surface area contributed by atoms with Crippen LogP contribution in [0.4, 0.5) is 0 Å². The van der Waals surface area contributed by atoms with E-state index in [1.54, 1.807) is 6.08 Å². The van der Waals surface area contributed by atoms with E-state index in [-0.39, 0.29) is 0 Å². The Kier molecular flexibility index (Phi) is 4.34. The van der Waals surface area contributed by atoms with E-state index < -0.39 is 0 Å². The Morgan fingerprint density at radius 1 is 1.50 bits per heavy atom. The van der Waals surface area contributed by atoms with Crippen molar-refractivity contribution < 1.29 is 5.21 Å². The molecule has 0 aromatic carbocycles. The predicted molar refractivity (Wildman–Crippen MR) is 54.9 cm³/mol. The normalized spacial score (nSPS) is 10.8. The second-order valence-corrected chi connectivity index (χ2v) is 3.69. The minimum Gasteiger partial charge on any atom is -0.292 e. The van der Waals surface area contributed by atoms with Crippen LogP contribution < -0.4 is 5.48 Å². The number of nitrogens with one attached hydrogen (secondary N) is 1. The van der Waals surface area contributed by atoms with Crippen molar-refractivity contribution in [2.45, 2.75) is 19.0 Å². The summed E-state index contributed by atoms with van der Waals surface area (Å²) in [7, 11) is 0. The van der Waals surface area contributed by atoms with Gasteiger partial charge in [0.1, 0.15) is 0 Å². The highest BCUT2D eigenvalue weighted by atomic mass is 32.2. The first-order valence-electron chi connectivity index (χ1n) is 4.18. The Morgan fingerprint density at radius 2 is 2.29 bits per heavy atom. The fourth-order valence-corrected chi connectivity index (χ4v) is 1.36. The lowest BCUT2D eigenvalue weighted by molar-refractivity contribution is 0.215. The first-order chi connectivity index (χ1) is 6.77. The SMILES string of the molecule is CCSc1nnc(C)c(/C=C/NO)n1. The van der Waals surface area contributed by atoms with Gasteiger partial charge in [0, 0.05) is 6.20 Å². The highest BCUT2D eigenvalue weighted by Gasteiger charge is 2.01. The van der Waals surface area contributed by atoms with Crippen LogP contribution in [0.1, 0.15) is 18.3 Å². The minimum atomic E-state index is 0.649. The smallest absolute Gasteiger partial charge is 0.209 e. The van der Waals surface area contributed by atoms with Gasteiger partial charge in [-0.15, -0.1) is 5.10 Å². The van der Waals surface area contributed by atoms with E-state index in [1.807, 2.05) is 19.3 Å². The van der Waals surface area contributed by atoms with E-state index in [0.717, 1.165) is 11.4 Å². The van der Waals surface area contributed by atoms with E-state index in [1.165, 1.54) is 18.0 Å². The van der Waals surface area contributed by atoms with Gasteiger partial charge in [-0.1, -0.05) is 18.7 Å². The Morgan fingerprint density at radius 3 is 2.93 bits per heavy atom. The maximum Gasteiger partial charge on any atom is 0.209 e. The summed E-state index contributed by atoms with van der Waals surface area (Å²) in [6.07, 6.45) is 3.03. The summed E-state index contributed by atoms with van der Waals surface area (Å²) < 4.78 is 0. The molecule has 0 aliphatic carbocycles. The number of rotatable bonds is 4. The first-order valence-corrected chi connectivity index (χ1v) is 5.16. The van der Waals surface area contributed by atoms with Gasteiger partial charge in [0.2, 0.25) is 5.16 Å². The Labute approximate surface area is 86.6 Å². The Hall–Kier alpha value is -1.14. The monoisotopic (exact) mass is 212 g/mol. The number of aryl methyl sites for hydroxylation is 1. The van der Waals surface area contributed by atoms with Crippen LogP contribution in [0.25, 0.3) is 6.08 Å². The van der Waals surface area contributed by atoms with Gasteiger partial charge in [-0.3, -0.25) is 10.7 Å². The van der Waals surface area contributed by atoms with Gasteiger partial charge >= 0.3 is 0 Å². The van der Waals surface area contributed by atoms with Gasteiger partial charge in [0.15, 0.2) is 0 Å². The predicted octanol–water partition coefficient (Wildman–Crippen LogP) is 1.24. The number of hydrogen-bond donors (Lipinski definition) is 2. The molecule has 0 saturated heterocycles. The van der Waals surface area contributed by atoms with Crippen molar-refractivity contribution in [3.63, 3.8) is 0 Å². The van der Waals surface area contributed by atoms with Gasteiger partial charge < -0.3 is 0 Å². The first kappa shape index (κ1) is 10.9. The number of hydroxylamine groups is 1. The van der Waals surface area contributed by atoms with Crippen molar-refractivity contribution in [2.24, 2.45) is 0 Å². The fraction of sp³-hybridized carbons (Fsp3) is 0.375. The molecule has 1 aromatic rings. The van der Waals surface area contributed by atoms with Gasteiger partial charge in [-0.2, -0.15) is 5.10 Å². The molecule has 6 heteroatoms. The molecule has 0 bridgehead atoms. The van der Waals surface area contributed by atoms with Crippen LogP contribution in [-0.2, 0) is 0 Å². The van der Waals surface area contributed by atoms with E-state index in [4.69, 9.17) is 5.21 Å². The number of thioether (sulfide) groups is 1. The van der Waals surface area contributed by atoms with E-state index in [2.05, 4.69) is 15.2 Å². The third-order valence-electron chi connectivity index (χ3n) is 1.46. The molecule has 2 N–H and O–H groups in total. The van der Waals surface area contributed by atoms with Crippen LogP contribution in [0.2, 0.25) is 0 Å². The van der Waals surface area contributed by atoms with E-state index in [0.29, 0.717) is 10.9 Å².